The van der Waals surface area contributed by atoms with Gasteiger partial charge < -0.3 is 5.73 Å². The van der Waals surface area contributed by atoms with Crippen molar-refractivity contribution < 1.29 is 12.8 Å². The Morgan fingerprint density at radius 1 is 1.23 bits per heavy atom. The highest BCUT2D eigenvalue weighted by atomic mass is 32.2. The van der Waals surface area contributed by atoms with Gasteiger partial charge in [-0.15, -0.1) is 5.10 Å². The summed E-state index contributed by atoms with van der Waals surface area (Å²) in [6, 6.07) is 4.39. The molecule has 10 heteroatoms. The smallest absolute Gasteiger partial charge is 0.258 e. The number of aromatic nitrogens is 5. The number of halogens is 1. The summed E-state index contributed by atoms with van der Waals surface area (Å²) in [6.07, 6.45) is 0.971. The lowest BCUT2D eigenvalue weighted by atomic mass is 10.1. The number of rotatable bonds is 2. The van der Waals surface area contributed by atoms with Crippen molar-refractivity contribution in [2.24, 2.45) is 0 Å². The van der Waals surface area contributed by atoms with E-state index in [2.05, 4.69) is 20.1 Å². The molecule has 0 fully saturated rings. The van der Waals surface area contributed by atoms with Crippen LogP contribution in [0.1, 0.15) is 5.56 Å². The van der Waals surface area contributed by atoms with Gasteiger partial charge in [-0.25, -0.2) is 12.8 Å². The van der Waals surface area contributed by atoms with Crippen LogP contribution in [0.15, 0.2) is 23.4 Å². The summed E-state index contributed by atoms with van der Waals surface area (Å²) in [5.41, 5.74) is 6.68. The highest BCUT2D eigenvalue weighted by Gasteiger charge is 2.17. The molecule has 0 spiro atoms. The van der Waals surface area contributed by atoms with Crippen molar-refractivity contribution in [3.8, 4) is 11.4 Å². The summed E-state index contributed by atoms with van der Waals surface area (Å²) in [7, 11) is -3.62. The molecular formula is C12H11FN6O2S. The molecule has 0 bridgehead atoms. The average molecular weight is 322 g/mol. The van der Waals surface area contributed by atoms with Gasteiger partial charge in [-0.2, -0.15) is 19.5 Å². The van der Waals surface area contributed by atoms with Crippen LogP contribution in [0.5, 0.6) is 0 Å². The zero-order valence-corrected chi connectivity index (χ0v) is 12.5. The molecule has 3 rings (SSSR count). The van der Waals surface area contributed by atoms with Crippen molar-refractivity contribution in [2.45, 2.75) is 12.1 Å². The molecule has 0 saturated carbocycles. The number of sulfone groups is 1. The van der Waals surface area contributed by atoms with Crippen LogP contribution < -0.4 is 5.73 Å². The third kappa shape index (κ3) is 2.37. The van der Waals surface area contributed by atoms with E-state index in [-0.39, 0.29) is 23.4 Å². The monoisotopic (exact) mass is 322 g/mol. The SMILES string of the molecule is Cc1cc(-c2nc3nc(S(C)(=O)=O)nc(N)n3n2)ccc1F. The van der Waals surface area contributed by atoms with E-state index >= 15 is 0 Å². The molecule has 0 unspecified atom stereocenters. The summed E-state index contributed by atoms with van der Waals surface area (Å²) < 4.78 is 37.5. The van der Waals surface area contributed by atoms with Crippen molar-refractivity contribution in [3.63, 3.8) is 0 Å². The van der Waals surface area contributed by atoms with Crippen molar-refractivity contribution in [1.82, 2.24) is 24.6 Å². The molecule has 114 valence electrons. The molecule has 2 N–H and O–H groups in total. The summed E-state index contributed by atoms with van der Waals surface area (Å²) in [4.78, 5) is 11.6. The molecule has 3 aromatic rings. The second-order valence-electron chi connectivity index (χ2n) is 4.75. The van der Waals surface area contributed by atoms with E-state index in [1.807, 2.05) is 0 Å². The summed E-state index contributed by atoms with van der Waals surface area (Å²) in [6.45, 7) is 1.62. The maximum absolute atomic E-state index is 13.3. The van der Waals surface area contributed by atoms with Crippen LogP contribution >= 0.6 is 0 Å². The van der Waals surface area contributed by atoms with E-state index in [1.165, 1.54) is 12.1 Å². The standard InChI is InChI=1S/C12H11FN6O2S/c1-6-5-7(3-4-8(6)13)9-15-11-17-12(22(2,20)21)16-10(14)19(11)18-9/h3-5H,1-2H3,(H2,14,15,16,17,18). The highest BCUT2D eigenvalue weighted by molar-refractivity contribution is 7.90. The maximum Gasteiger partial charge on any atom is 0.258 e. The summed E-state index contributed by atoms with van der Waals surface area (Å²) >= 11 is 0. The molecule has 22 heavy (non-hydrogen) atoms. The second kappa shape index (κ2) is 4.70. The zero-order chi connectivity index (χ0) is 16.1. The number of nitrogens with zero attached hydrogens (tertiary/aromatic N) is 5. The molecule has 1 aromatic carbocycles. The lowest BCUT2D eigenvalue weighted by molar-refractivity contribution is 0.592. The fourth-order valence-corrected chi connectivity index (χ4v) is 2.36. The van der Waals surface area contributed by atoms with Gasteiger partial charge in [-0.3, -0.25) is 0 Å². The first-order valence-electron chi connectivity index (χ1n) is 6.12. The molecule has 0 saturated heterocycles. The fourth-order valence-electron chi connectivity index (χ4n) is 1.86. The Balaban J connectivity index is 2.21. The lowest BCUT2D eigenvalue weighted by Crippen LogP contribution is -2.11. The second-order valence-corrected chi connectivity index (χ2v) is 6.66. The van der Waals surface area contributed by atoms with Crippen molar-refractivity contribution in [3.05, 3.63) is 29.6 Å². The van der Waals surface area contributed by atoms with Gasteiger partial charge in [0.05, 0.1) is 0 Å². The van der Waals surface area contributed by atoms with E-state index in [9.17, 15) is 12.8 Å². The predicted octanol–water partition coefficient (Wildman–Crippen LogP) is 0.620. The summed E-state index contributed by atoms with van der Waals surface area (Å²) in [5.74, 6) is -0.242. The number of hydrogen-bond donors (Lipinski definition) is 1. The van der Waals surface area contributed by atoms with Crippen LogP contribution in [0.3, 0.4) is 0 Å². The third-order valence-electron chi connectivity index (χ3n) is 2.96. The number of benzene rings is 1. The normalized spacial score (nSPS) is 12.0. The molecule has 2 heterocycles. The van der Waals surface area contributed by atoms with Crippen LogP contribution in [-0.4, -0.2) is 39.2 Å². The molecule has 0 aliphatic carbocycles. The number of hydrogen-bond acceptors (Lipinski definition) is 7. The molecule has 0 aliphatic heterocycles. The lowest BCUT2D eigenvalue weighted by Gasteiger charge is -1.99. The average Bonchev–Trinajstić information content (AvgIpc) is 2.85. The van der Waals surface area contributed by atoms with Gasteiger partial charge in [0, 0.05) is 11.8 Å². The van der Waals surface area contributed by atoms with Crippen LogP contribution in [0.4, 0.5) is 10.3 Å². The van der Waals surface area contributed by atoms with Crippen LogP contribution in [0, 0.1) is 12.7 Å². The number of nitrogens with two attached hydrogens (primary N) is 1. The minimum atomic E-state index is -3.62. The van der Waals surface area contributed by atoms with Gasteiger partial charge in [-0.05, 0) is 30.7 Å². The van der Waals surface area contributed by atoms with Crippen molar-refractivity contribution in [2.75, 3.05) is 12.0 Å². The first-order valence-corrected chi connectivity index (χ1v) is 8.02. The number of nitrogen functional groups attached to an aromatic ring is 1. The van der Waals surface area contributed by atoms with E-state index < -0.39 is 15.0 Å². The van der Waals surface area contributed by atoms with Gasteiger partial charge in [-0.1, -0.05) is 0 Å². The Bertz CT molecular complexity index is 998. The van der Waals surface area contributed by atoms with Crippen molar-refractivity contribution >= 4 is 21.6 Å². The fraction of sp³-hybridized carbons (Fsp3) is 0.167. The Morgan fingerprint density at radius 3 is 2.59 bits per heavy atom. The Kier molecular flexibility index (Phi) is 3.06. The topological polar surface area (TPSA) is 116 Å². The van der Waals surface area contributed by atoms with Gasteiger partial charge in [0.2, 0.25) is 15.8 Å². The van der Waals surface area contributed by atoms with Crippen LogP contribution in [0.25, 0.3) is 17.2 Å². The van der Waals surface area contributed by atoms with E-state index in [0.717, 1.165) is 10.8 Å². The van der Waals surface area contributed by atoms with E-state index in [1.54, 1.807) is 13.0 Å². The molecular weight excluding hydrogens is 311 g/mol. The minimum Gasteiger partial charge on any atom is -0.368 e. The van der Waals surface area contributed by atoms with Gasteiger partial charge in [0.15, 0.2) is 5.82 Å². The van der Waals surface area contributed by atoms with E-state index in [4.69, 9.17) is 5.73 Å². The first-order chi connectivity index (χ1) is 10.3. The number of fused-ring (bicyclic) bond motifs is 1. The van der Waals surface area contributed by atoms with E-state index in [0.29, 0.717) is 11.1 Å². The maximum atomic E-state index is 13.3. The van der Waals surface area contributed by atoms with Gasteiger partial charge >= 0.3 is 0 Å². The highest BCUT2D eigenvalue weighted by Crippen LogP contribution is 2.20. The molecule has 0 radical (unpaired) electrons. The first kappa shape index (κ1) is 14.3. The zero-order valence-electron chi connectivity index (χ0n) is 11.6. The molecule has 2 aromatic heterocycles. The van der Waals surface area contributed by atoms with Crippen LogP contribution in [0.2, 0.25) is 0 Å². The molecule has 0 amide bonds. The van der Waals surface area contributed by atoms with Crippen LogP contribution in [-0.2, 0) is 9.84 Å². The predicted molar refractivity (Wildman–Crippen MR) is 76.2 cm³/mol. The van der Waals surface area contributed by atoms with Crippen molar-refractivity contribution in [1.29, 1.82) is 0 Å². The Morgan fingerprint density at radius 2 is 1.95 bits per heavy atom. The Labute approximate surface area is 124 Å². The van der Waals surface area contributed by atoms with Gasteiger partial charge in [0.25, 0.3) is 10.9 Å². The third-order valence-corrected chi connectivity index (χ3v) is 3.81. The Hall–Kier alpha value is -2.62. The number of aryl methyl sites for hydroxylation is 1. The molecule has 0 aliphatic rings. The minimum absolute atomic E-state index is 0.00454. The van der Waals surface area contributed by atoms with Gasteiger partial charge in [0.1, 0.15) is 5.82 Å². The quantitative estimate of drug-likeness (QED) is 0.735. The molecule has 8 nitrogen and oxygen atoms in total. The largest absolute Gasteiger partial charge is 0.368 e. The number of anilines is 1. The summed E-state index contributed by atoms with van der Waals surface area (Å²) in [5, 5.41) is 3.69. The molecule has 0 atom stereocenters.